The SMILES string of the molecule is O=C(O)c1ccc(-c2ccc3c(c2)C[C@@H](NC[C@H](O)c2cccc(Cl)c2)CC3)s1. The summed E-state index contributed by atoms with van der Waals surface area (Å²) < 4.78 is 0. The Balaban J connectivity index is 1.42. The highest BCUT2D eigenvalue weighted by Gasteiger charge is 2.20. The van der Waals surface area contributed by atoms with Crippen LogP contribution in [0.2, 0.25) is 5.02 Å². The Morgan fingerprint density at radius 2 is 2.03 bits per heavy atom. The van der Waals surface area contributed by atoms with Gasteiger partial charge in [0.1, 0.15) is 4.88 Å². The van der Waals surface area contributed by atoms with Gasteiger partial charge in [0.15, 0.2) is 0 Å². The number of aryl methyl sites for hydroxylation is 1. The number of carbonyl (C=O) groups is 1. The summed E-state index contributed by atoms with van der Waals surface area (Å²) in [6, 6.07) is 17.6. The Morgan fingerprint density at radius 3 is 2.79 bits per heavy atom. The Hall–Kier alpha value is -2.18. The first-order valence-electron chi connectivity index (χ1n) is 9.62. The number of hydrogen-bond acceptors (Lipinski definition) is 4. The maximum Gasteiger partial charge on any atom is 0.345 e. The normalized spacial score (nSPS) is 17.0. The molecule has 0 radical (unpaired) electrons. The lowest BCUT2D eigenvalue weighted by atomic mass is 9.87. The lowest BCUT2D eigenvalue weighted by Gasteiger charge is -2.27. The molecule has 4 rings (SSSR count). The molecule has 2 aromatic carbocycles. The van der Waals surface area contributed by atoms with Gasteiger partial charge in [0.2, 0.25) is 0 Å². The van der Waals surface area contributed by atoms with Gasteiger partial charge in [-0.3, -0.25) is 0 Å². The number of hydrogen-bond donors (Lipinski definition) is 3. The summed E-state index contributed by atoms with van der Waals surface area (Å²) in [5.74, 6) is -0.887. The van der Waals surface area contributed by atoms with Crippen molar-refractivity contribution >= 4 is 28.9 Å². The van der Waals surface area contributed by atoms with E-state index in [9.17, 15) is 9.90 Å². The third-order valence-corrected chi connectivity index (χ3v) is 6.73. The molecule has 0 fully saturated rings. The number of benzene rings is 2. The molecule has 2 atom stereocenters. The van der Waals surface area contributed by atoms with Crippen LogP contribution in [0.1, 0.15) is 38.9 Å². The Labute approximate surface area is 178 Å². The number of aliphatic hydroxyl groups is 1. The fourth-order valence-corrected chi connectivity index (χ4v) is 4.84. The van der Waals surface area contributed by atoms with Crippen LogP contribution >= 0.6 is 22.9 Å². The maximum absolute atomic E-state index is 11.1. The van der Waals surface area contributed by atoms with Gasteiger partial charge in [-0.05, 0) is 65.8 Å². The molecular weight excluding hydrogens is 406 g/mol. The molecule has 1 aliphatic rings. The Morgan fingerprint density at radius 1 is 1.17 bits per heavy atom. The molecule has 1 aromatic heterocycles. The largest absolute Gasteiger partial charge is 0.477 e. The van der Waals surface area contributed by atoms with Crippen LogP contribution in [-0.4, -0.2) is 28.8 Å². The zero-order chi connectivity index (χ0) is 20.4. The van der Waals surface area contributed by atoms with Crippen molar-refractivity contribution in [2.45, 2.75) is 31.4 Å². The number of fused-ring (bicyclic) bond motifs is 1. The van der Waals surface area contributed by atoms with Gasteiger partial charge in [-0.25, -0.2) is 4.79 Å². The van der Waals surface area contributed by atoms with E-state index >= 15 is 0 Å². The minimum absolute atomic E-state index is 0.296. The summed E-state index contributed by atoms with van der Waals surface area (Å²) >= 11 is 7.31. The van der Waals surface area contributed by atoms with E-state index in [2.05, 4.69) is 23.5 Å². The summed E-state index contributed by atoms with van der Waals surface area (Å²) in [7, 11) is 0. The molecule has 150 valence electrons. The van der Waals surface area contributed by atoms with Crippen molar-refractivity contribution in [3.8, 4) is 10.4 Å². The fourth-order valence-electron chi connectivity index (χ4n) is 3.80. The smallest absolute Gasteiger partial charge is 0.345 e. The monoisotopic (exact) mass is 427 g/mol. The van der Waals surface area contributed by atoms with Crippen LogP contribution in [0.5, 0.6) is 0 Å². The van der Waals surface area contributed by atoms with E-state index in [-0.39, 0.29) is 0 Å². The Bertz CT molecular complexity index is 1030. The summed E-state index contributed by atoms with van der Waals surface area (Å²) in [4.78, 5) is 12.5. The molecule has 0 saturated heterocycles. The van der Waals surface area contributed by atoms with Crippen LogP contribution < -0.4 is 5.32 Å². The zero-order valence-corrected chi connectivity index (χ0v) is 17.3. The number of rotatable bonds is 6. The maximum atomic E-state index is 11.1. The van der Waals surface area contributed by atoms with Crippen molar-refractivity contribution in [2.24, 2.45) is 0 Å². The van der Waals surface area contributed by atoms with Gasteiger partial charge in [-0.2, -0.15) is 0 Å². The number of carboxylic acid groups (broad SMARTS) is 1. The second-order valence-corrected chi connectivity index (χ2v) is 8.89. The number of thiophene rings is 1. The molecule has 4 nitrogen and oxygen atoms in total. The third kappa shape index (κ3) is 4.70. The first-order valence-corrected chi connectivity index (χ1v) is 10.8. The third-order valence-electron chi connectivity index (χ3n) is 5.37. The topological polar surface area (TPSA) is 69.6 Å². The van der Waals surface area contributed by atoms with Crippen LogP contribution in [-0.2, 0) is 12.8 Å². The summed E-state index contributed by atoms with van der Waals surface area (Å²) in [6.07, 6.45) is 2.31. The predicted octanol–water partition coefficient (Wildman–Crippen LogP) is 4.95. The first-order chi connectivity index (χ1) is 14.0. The fraction of sp³-hybridized carbons (Fsp3) is 0.261. The molecule has 0 saturated carbocycles. The molecule has 29 heavy (non-hydrogen) atoms. The Kier molecular flexibility index (Phi) is 6.01. The summed E-state index contributed by atoms with van der Waals surface area (Å²) in [6.45, 7) is 0.479. The second kappa shape index (κ2) is 8.67. The van der Waals surface area contributed by atoms with E-state index in [1.807, 2.05) is 18.2 Å². The number of aliphatic hydroxyl groups excluding tert-OH is 1. The van der Waals surface area contributed by atoms with Crippen molar-refractivity contribution in [1.82, 2.24) is 5.32 Å². The van der Waals surface area contributed by atoms with Crippen LogP contribution in [0.25, 0.3) is 10.4 Å². The van der Waals surface area contributed by atoms with E-state index < -0.39 is 12.1 Å². The van der Waals surface area contributed by atoms with Gasteiger partial charge in [0.25, 0.3) is 0 Å². The number of carboxylic acids is 1. The molecule has 3 N–H and O–H groups in total. The summed E-state index contributed by atoms with van der Waals surface area (Å²) in [5, 5.41) is 23.7. The molecule has 0 bridgehead atoms. The van der Waals surface area contributed by atoms with E-state index in [4.69, 9.17) is 16.7 Å². The van der Waals surface area contributed by atoms with Crippen LogP contribution in [0.15, 0.2) is 54.6 Å². The molecule has 3 aromatic rings. The lowest BCUT2D eigenvalue weighted by Crippen LogP contribution is -2.37. The molecule has 6 heteroatoms. The van der Waals surface area contributed by atoms with Crippen molar-refractivity contribution in [3.63, 3.8) is 0 Å². The molecule has 0 spiro atoms. The standard InChI is InChI=1S/C23H22ClNO3S/c24-18-3-1-2-15(11-18)20(26)13-25-19-7-6-14-4-5-16(10-17(14)12-19)21-8-9-22(29-21)23(27)28/h1-5,8-11,19-20,25-26H,6-7,12-13H2,(H,27,28)/t19-,20-/m0/s1. The van der Waals surface area contributed by atoms with Gasteiger partial charge in [0.05, 0.1) is 6.10 Å². The highest BCUT2D eigenvalue weighted by Crippen LogP contribution is 2.32. The first kappa shape index (κ1) is 20.1. The van der Waals surface area contributed by atoms with Crippen LogP contribution in [0.3, 0.4) is 0 Å². The van der Waals surface area contributed by atoms with Crippen LogP contribution in [0, 0.1) is 0 Å². The van der Waals surface area contributed by atoms with Gasteiger partial charge < -0.3 is 15.5 Å². The van der Waals surface area contributed by atoms with E-state index in [0.29, 0.717) is 22.5 Å². The van der Waals surface area contributed by atoms with Crippen molar-refractivity contribution in [3.05, 3.63) is 81.2 Å². The van der Waals surface area contributed by atoms with Crippen molar-refractivity contribution in [1.29, 1.82) is 0 Å². The molecule has 0 unspecified atom stereocenters. The van der Waals surface area contributed by atoms with E-state index in [1.54, 1.807) is 18.2 Å². The predicted molar refractivity (Wildman–Crippen MR) is 117 cm³/mol. The van der Waals surface area contributed by atoms with Gasteiger partial charge >= 0.3 is 5.97 Å². The molecule has 1 heterocycles. The average molecular weight is 428 g/mol. The minimum Gasteiger partial charge on any atom is -0.477 e. The number of halogens is 1. The van der Waals surface area contributed by atoms with E-state index in [1.165, 1.54) is 22.5 Å². The van der Waals surface area contributed by atoms with Gasteiger partial charge in [-0.15, -0.1) is 11.3 Å². The highest BCUT2D eigenvalue weighted by molar-refractivity contribution is 7.17. The van der Waals surface area contributed by atoms with E-state index in [0.717, 1.165) is 35.3 Å². The lowest BCUT2D eigenvalue weighted by molar-refractivity contribution is 0.0702. The summed E-state index contributed by atoms with van der Waals surface area (Å²) in [5.41, 5.74) is 4.50. The molecule has 0 amide bonds. The van der Waals surface area contributed by atoms with Crippen molar-refractivity contribution in [2.75, 3.05) is 6.54 Å². The van der Waals surface area contributed by atoms with Crippen molar-refractivity contribution < 1.29 is 15.0 Å². The molecule has 0 aliphatic heterocycles. The zero-order valence-electron chi connectivity index (χ0n) is 15.8. The van der Waals surface area contributed by atoms with Gasteiger partial charge in [0, 0.05) is 22.5 Å². The second-order valence-electron chi connectivity index (χ2n) is 7.37. The average Bonchev–Trinajstić information content (AvgIpc) is 3.22. The molecular formula is C23H22ClNO3S. The number of nitrogens with one attached hydrogen (secondary N) is 1. The van der Waals surface area contributed by atoms with Crippen LogP contribution in [0.4, 0.5) is 0 Å². The number of aromatic carboxylic acids is 1. The molecule has 1 aliphatic carbocycles. The van der Waals surface area contributed by atoms with Gasteiger partial charge in [-0.1, -0.05) is 41.9 Å². The minimum atomic E-state index is -0.887. The highest BCUT2D eigenvalue weighted by atomic mass is 35.5. The quantitative estimate of drug-likeness (QED) is 0.520.